The molecule has 2 fully saturated rings. The van der Waals surface area contributed by atoms with Crippen molar-refractivity contribution in [1.82, 2.24) is 0 Å². The van der Waals surface area contributed by atoms with Gasteiger partial charge in [-0.3, -0.25) is 0 Å². The Bertz CT molecular complexity index is 641. The molecule has 0 aromatic heterocycles. The number of hydrogen-bond donors (Lipinski definition) is 4. The van der Waals surface area contributed by atoms with E-state index in [9.17, 15) is 20.4 Å². The summed E-state index contributed by atoms with van der Waals surface area (Å²) in [6.07, 6.45) is -3.52. The van der Waals surface area contributed by atoms with Gasteiger partial charge in [-0.2, -0.15) is 0 Å². The highest BCUT2D eigenvalue weighted by molar-refractivity contribution is 5.19. The summed E-state index contributed by atoms with van der Waals surface area (Å²) >= 11 is 0. The third-order valence-corrected chi connectivity index (χ3v) is 8.18. The minimum absolute atomic E-state index is 0.867. The molecular formula is C21H40O8. The molecule has 0 aliphatic carbocycles. The molecular weight excluding hydrogens is 380 g/mol. The average molecular weight is 421 g/mol. The van der Waals surface area contributed by atoms with E-state index < -0.39 is 57.7 Å². The third kappa shape index (κ3) is 3.03. The van der Waals surface area contributed by atoms with Gasteiger partial charge in [-0.25, -0.2) is 0 Å². The fraction of sp³-hybridized carbons (Fsp3) is 1.00. The molecule has 2 aliphatic rings. The maximum atomic E-state index is 11.4. The number of hydrogen-bond acceptors (Lipinski definition) is 8. The molecule has 0 radical (unpaired) electrons. The number of aliphatic hydroxyl groups excluding tert-OH is 2. The molecule has 7 unspecified atom stereocenters. The molecule has 8 nitrogen and oxygen atoms in total. The molecule has 0 aromatic rings. The highest BCUT2D eigenvalue weighted by atomic mass is 16.7. The van der Waals surface area contributed by atoms with E-state index in [0.717, 1.165) is 0 Å². The van der Waals surface area contributed by atoms with Gasteiger partial charge in [0.25, 0.3) is 0 Å². The van der Waals surface area contributed by atoms with Crippen LogP contribution in [0.15, 0.2) is 0 Å². The lowest BCUT2D eigenvalue weighted by Crippen LogP contribution is -2.82. The summed E-state index contributed by atoms with van der Waals surface area (Å²) in [5.74, 6) is 0. The van der Waals surface area contributed by atoms with Gasteiger partial charge >= 0.3 is 0 Å². The van der Waals surface area contributed by atoms with Gasteiger partial charge in [-0.05, 0) is 55.4 Å². The van der Waals surface area contributed by atoms with Crippen LogP contribution < -0.4 is 0 Å². The summed E-state index contributed by atoms with van der Waals surface area (Å²) in [5.41, 5.74) is -9.59. The van der Waals surface area contributed by atoms with Crippen molar-refractivity contribution in [3.05, 3.63) is 0 Å². The van der Waals surface area contributed by atoms with E-state index in [-0.39, 0.29) is 0 Å². The summed E-state index contributed by atoms with van der Waals surface area (Å²) in [4.78, 5) is 0. The molecule has 2 heterocycles. The second kappa shape index (κ2) is 6.59. The van der Waals surface area contributed by atoms with Crippen molar-refractivity contribution >= 4 is 0 Å². The standard InChI is InChI=1S/C21H40O8/c1-15(2)14(28-16(3,4)12(22)19(15,8)26-11)29-21(10)17(5,6)27-13(23)18(7,24)20(21,9)25/h12-14,22-25H,1-11H3. The van der Waals surface area contributed by atoms with E-state index in [1.165, 1.54) is 21.0 Å². The highest BCUT2D eigenvalue weighted by Gasteiger charge is 2.72. The summed E-state index contributed by atoms with van der Waals surface area (Å²) in [7, 11) is 1.52. The first-order chi connectivity index (χ1) is 12.7. The molecule has 4 N–H and O–H groups in total. The summed E-state index contributed by atoms with van der Waals surface area (Å²) < 4.78 is 24.1. The van der Waals surface area contributed by atoms with Crippen molar-refractivity contribution in [1.29, 1.82) is 0 Å². The molecule has 0 bridgehead atoms. The second-order valence-corrected chi connectivity index (χ2v) is 10.8. The van der Waals surface area contributed by atoms with E-state index >= 15 is 0 Å². The van der Waals surface area contributed by atoms with Crippen LogP contribution in [0.25, 0.3) is 0 Å². The van der Waals surface area contributed by atoms with Gasteiger partial charge in [0.2, 0.25) is 0 Å². The summed E-state index contributed by atoms with van der Waals surface area (Å²) in [5, 5.41) is 43.6. The number of methoxy groups -OCH3 is 1. The number of aliphatic hydroxyl groups is 4. The lowest BCUT2D eigenvalue weighted by atomic mass is 9.62. The van der Waals surface area contributed by atoms with E-state index in [0.29, 0.717) is 0 Å². The normalized spacial score (nSPS) is 51.6. The highest BCUT2D eigenvalue weighted by Crippen LogP contribution is 2.56. The third-order valence-electron chi connectivity index (χ3n) is 8.18. The van der Waals surface area contributed by atoms with Crippen molar-refractivity contribution in [2.24, 2.45) is 5.41 Å². The Kier molecular flexibility index (Phi) is 5.67. The minimum atomic E-state index is -2.02. The van der Waals surface area contributed by atoms with Crippen molar-refractivity contribution in [2.75, 3.05) is 7.11 Å². The lowest BCUT2D eigenvalue weighted by molar-refractivity contribution is -0.455. The first-order valence-corrected chi connectivity index (χ1v) is 10.1. The quantitative estimate of drug-likeness (QED) is 0.540. The van der Waals surface area contributed by atoms with Gasteiger partial charge < -0.3 is 39.4 Å². The van der Waals surface area contributed by atoms with Crippen LogP contribution in [-0.2, 0) is 18.9 Å². The Morgan fingerprint density at radius 3 is 1.72 bits per heavy atom. The van der Waals surface area contributed by atoms with Crippen LogP contribution >= 0.6 is 0 Å². The van der Waals surface area contributed by atoms with Gasteiger partial charge in [0.05, 0.1) is 11.2 Å². The smallest absolute Gasteiger partial charge is 0.187 e. The van der Waals surface area contributed by atoms with Gasteiger partial charge in [0, 0.05) is 12.5 Å². The van der Waals surface area contributed by atoms with Crippen LogP contribution in [0.5, 0.6) is 0 Å². The van der Waals surface area contributed by atoms with Crippen LogP contribution in [0.4, 0.5) is 0 Å². The van der Waals surface area contributed by atoms with E-state index in [1.807, 2.05) is 13.8 Å². The fourth-order valence-electron chi connectivity index (χ4n) is 4.57. The van der Waals surface area contributed by atoms with E-state index in [2.05, 4.69) is 0 Å². The largest absolute Gasteiger partial charge is 0.387 e. The zero-order valence-electron chi connectivity index (χ0n) is 19.7. The molecule has 2 saturated heterocycles. The van der Waals surface area contributed by atoms with Crippen LogP contribution in [-0.4, -0.2) is 79.8 Å². The predicted molar refractivity (Wildman–Crippen MR) is 106 cm³/mol. The molecule has 0 amide bonds. The maximum absolute atomic E-state index is 11.4. The average Bonchev–Trinajstić information content (AvgIpc) is 2.56. The predicted octanol–water partition coefficient (Wildman–Crippen LogP) is 1.32. The van der Waals surface area contributed by atoms with E-state index in [1.54, 1.807) is 41.5 Å². The first-order valence-electron chi connectivity index (χ1n) is 10.1. The van der Waals surface area contributed by atoms with Crippen molar-refractivity contribution < 1.29 is 39.4 Å². The van der Waals surface area contributed by atoms with Gasteiger partial charge in [0.1, 0.15) is 28.5 Å². The van der Waals surface area contributed by atoms with Gasteiger partial charge in [-0.15, -0.1) is 0 Å². The molecule has 0 saturated carbocycles. The number of ether oxygens (including phenoxy) is 4. The molecule has 7 atom stereocenters. The number of rotatable bonds is 3. The molecule has 29 heavy (non-hydrogen) atoms. The van der Waals surface area contributed by atoms with Crippen molar-refractivity contribution in [3.63, 3.8) is 0 Å². The molecule has 172 valence electrons. The van der Waals surface area contributed by atoms with Crippen LogP contribution in [0.3, 0.4) is 0 Å². The van der Waals surface area contributed by atoms with Gasteiger partial charge in [0.15, 0.2) is 12.6 Å². The Labute approximate surface area is 174 Å². The second-order valence-electron chi connectivity index (χ2n) is 10.8. The molecule has 8 heteroatoms. The van der Waals surface area contributed by atoms with Crippen LogP contribution in [0.1, 0.15) is 69.2 Å². The Morgan fingerprint density at radius 2 is 1.28 bits per heavy atom. The topological polar surface area (TPSA) is 118 Å². The van der Waals surface area contributed by atoms with Crippen LogP contribution in [0, 0.1) is 5.41 Å². The minimum Gasteiger partial charge on any atom is -0.387 e. The summed E-state index contributed by atoms with van der Waals surface area (Å²) in [6.45, 7) is 16.6. The van der Waals surface area contributed by atoms with Crippen molar-refractivity contribution in [2.45, 2.75) is 122 Å². The van der Waals surface area contributed by atoms with Crippen molar-refractivity contribution in [3.8, 4) is 0 Å². The lowest BCUT2D eigenvalue weighted by Gasteiger charge is -2.65. The fourth-order valence-corrected chi connectivity index (χ4v) is 4.57. The Morgan fingerprint density at radius 1 is 0.793 bits per heavy atom. The zero-order chi connectivity index (χ0) is 23.1. The van der Waals surface area contributed by atoms with Crippen LogP contribution in [0.2, 0.25) is 0 Å². The Balaban J connectivity index is 2.60. The van der Waals surface area contributed by atoms with E-state index in [4.69, 9.17) is 18.9 Å². The zero-order valence-corrected chi connectivity index (χ0v) is 19.7. The molecule has 2 aliphatic heterocycles. The monoisotopic (exact) mass is 420 g/mol. The summed E-state index contributed by atoms with van der Waals surface area (Å²) in [6, 6.07) is 0. The van der Waals surface area contributed by atoms with Gasteiger partial charge in [-0.1, -0.05) is 13.8 Å². The first kappa shape index (κ1) is 24.9. The maximum Gasteiger partial charge on any atom is 0.187 e. The Hall–Kier alpha value is -0.320. The molecule has 0 spiro atoms. The SMILES string of the molecule is COC1(C)C(O)C(C)(C)OC(OC2(C)C(C)(C)OC(O)C(C)(O)C2(C)O)C1(C)C. The molecule has 2 rings (SSSR count). The molecule has 0 aromatic carbocycles.